The van der Waals surface area contributed by atoms with Crippen LogP contribution in [0.3, 0.4) is 0 Å². The molecule has 1 heterocycles. The van der Waals surface area contributed by atoms with E-state index in [1.807, 2.05) is 19.1 Å². The van der Waals surface area contributed by atoms with Gasteiger partial charge in [-0.15, -0.1) is 0 Å². The van der Waals surface area contributed by atoms with Crippen LogP contribution >= 0.6 is 0 Å². The quantitative estimate of drug-likeness (QED) is 0.844. The van der Waals surface area contributed by atoms with Gasteiger partial charge in [0, 0.05) is 6.54 Å². The first kappa shape index (κ1) is 13.1. The molecule has 4 nitrogen and oxygen atoms in total. The molecule has 1 fully saturated rings. The Labute approximate surface area is 108 Å². The molecule has 1 aliphatic rings. The van der Waals surface area contributed by atoms with E-state index in [-0.39, 0.29) is 18.0 Å². The Morgan fingerprint density at radius 1 is 1.56 bits per heavy atom. The highest BCUT2D eigenvalue weighted by atomic mass is 16.5. The summed E-state index contributed by atoms with van der Waals surface area (Å²) in [6, 6.07) is 7.97. The number of nitrogens with one attached hydrogen (secondary N) is 2. The van der Waals surface area contributed by atoms with Crippen LogP contribution in [0.15, 0.2) is 24.3 Å². The van der Waals surface area contributed by atoms with Gasteiger partial charge in [0.2, 0.25) is 5.91 Å². The van der Waals surface area contributed by atoms with Crippen LogP contribution in [0.25, 0.3) is 0 Å². The maximum Gasteiger partial charge on any atom is 0.240 e. The van der Waals surface area contributed by atoms with E-state index in [2.05, 4.69) is 29.7 Å². The van der Waals surface area contributed by atoms with Crippen LogP contribution in [0.1, 0.15) is 24.1 Å². The molecule has 0 aliphatic carbocycles. The van der Waals surface area contributed by atoms with Gasteiger partial charge in [-0.3, -0.25) is 4.79 Å². The monoisotopic (exact) mass is 248 g/mol. The van der Waals surface area contributed by atoms with Gasteiger partial charge >= 0.3 is 0 Å². The van der Waals surface area contributed by atoms with E-state index in [1.54, 1.807) is 0 Å². The number of hydrogen-bond acceptors (Lipinski definition) is 3. The van der Waals surface area contributed by atoms with Gasteiger partial charge in [0.15, 0.2) is 0 Å². The van der Waals surface area contributed by atoms with Crippen molar-refractivity contribution in [2.24, 2.45) is 0 Å². The van der Waals surface area contributed by atoms with Crippen molar-refractivity contribution in [1.82, 2.24) is 10.6 Å². The van der Waals surface area contributed by atoms with Gasteiger partial charge in [-0.05, 0) is 19.4 Å². The first-order valence-electron chi connectivity index (χ1n) is 6.35. The summed E-state index contributed by atoms with van der Waals surface area (Å²) in [4.78, 5) is 12.0. The van der Waals surface area contributed by atoms with Crippen molar-refractivity contribution in [2.45, 2.75) is 25.9 Å². The second-order valence-electron chi connectivity index (χ2n) is 4.73. The van der Waals surface area contributed by atoms with Crippen LogP contribution in [0, 0.1) is 6.92 Å². The van der Waals surface area contributed by atoms with Crippen LogP contribution in [0.5, 0.6) is 0 Å². The fraction of sp³-hybridized carbons (Fsp3) is 0.500. The minimum atomic E-state index is -0.231. The molecule has 18 heavy (non-hydrogen) atoms. The summed E-state index contributed by atoms with van der Waals surface area (Å²) in [5, 5.41) is 6.16. The van der Waals surface area contributed by atoms with Gasteiger partial charge in [-0.25, -0.2) is 0 Å². The molecule has 1 unspecified atom stereocenters. The first-order valence-corrected chi connectivity index (χ1v) is 6.35. The summed E-state index contributed by atoms with van der Waals surface area (Å²) in [6.45, 7) is 5.91. The minimum absolute atomic E-state index is 0.00343. The topological polar surface area (TPSA) is 50.4 Å². The fourth-order valence-electron chi connectivity index (χ4n) is 2.07. The molecule has 0 spiro atoms. The average molecular weight is 248 g/mol. The number of hydrogen-bond donors (Lipinski definition) is 2. The van der Waals surface area contributed by atoms with E-state index in [9.17, 15) is 4.79 Å². The molecule has 1 aliphatic heterocycles. The lowest BCUT2D eigenvalue weighted by atomic mass is 10.1. The summed E-state index contributed by atoms with van der Waals surface area (Å²) < 4.78 is 5.29. The van der Waals surface area contributed by atoms with Crippen molar-refractivity contribution in [2.75, 3.05) is 19.8 Å². The molecule has 2 atom stereocenters. The van der Waals surface area contributed by atoms with Gasteiger partial charge in [0.1, 0.15) is 6.04 Å². The molecule has 2 N–H and O–H groups in total. The van der Waals surface area contributed by atoms with Crippen molar-refractivity contribution < 1.29 is 9.53 Å². The fourth-order valence-corrected chi connectivity index (χ4v) is 2.07. The van der Waals surface area contributed by atoms with Crippen molar-refractivity contribution in [3.8, 4) is 0 Å². The summed E-state index contributed by atoms with van der Waals surface area (Å²) in [5.41, 5.74) is 2.33. The third kappa shape index (κ3) is 3.31. The highest BCUT2D eigenvalue weighted by Crippen LogP contribution is 2.13. The van der Waals surface area contributed by atoms with E-state index in [4.69, 9.17) is 4.74 Å². The van der Waals surface area contributed by atoms with Gasteiger partial charge < -0.3 is 15.4 Å². The lowest BCUT2D eigenvalue weighted by molar-refractivity contribution is -0.126. The maximum atomic E-state index is 12.0. The molecular formula is C14H20N2O2. The van der Waals surface area contributed by atoms with Crippen LogP contribution in [0.4, 0.5) is 0 Å². The van der Waals surface area contributed by atoms with Crippen molar-refractivity contribution in [3.05, 3.63) is 35.4 Å². The second kappa shape index (κ2) is 5.98. The Bertz CT molecular complexity index is 414. The van der Waals surface area contributed by atoms with Crippen molar-refractivity contribution >= 4 is 5.91 Å². The third-order valence-corrected chi connectivity index (χ3v) is 3.14. The van der Waals surface area contributed by atoms with E-state index >= 15 is 0 Å². The van der Waals surface area contributed by atoms with E-state index in [0.717, 1.165) is 12.1 Å². The zero-order valence-corrected chi connectivity index (χ0v) is 10.9. The standard InChI is InChI=1S/C14H20N2O2/c1-10-4-3-5-12(8-10)11(2)16-14(17)13-9-18-7-6-15-13/h3-5,8,11,13,15H,6-7,9H2,1-2H3,(H,16,17)/t11-,13?/m0/s1. The molecule has 0 radical (unpaired) electrons. The Kier molecular flexibility index (Phi) is 4.33. The minimum Gasteiger partial charge on any atom is -0.378 e. The number of benzene rings is 1. The average Bonchev–Trinajstić information content (AvgIpc) is 2.39. The number of aryl methyl sites for hydroxylation is 1. The number of carbonyl (C=O) groups excluding carboxylic acids is 1. The van der Waals surface area contributed by atoms with Gasteiger partial charge in [0.05, 0.1) is 19.3 Å². The van der Waals surface area contributed by atoms with Crippen LogP contribution < -0.4 is 10.6 Å². The maximum absolute atomic E-state index is 12.0. The molecule has 0 bridgehead atoms. The molecular weight excluding hydrogens is 228 g/mol. The Morgan fingerprint density at radius 2 is 2.39 bits per heavy atom. The molecule has 0 saturated carbocycles. The Morgan fingerprint density at radius 3 is 3.06 bits per heavy atom. The normalized spacial score (nSPS) is 21.3. The van der Waals surface area contributed by atoms with Crippen LogP contribution in [-0.4, -0.2) is 31.7 Å². The molecule has 1 saturated heterocycles. The number of amides is 1. The van der Waals surface area contributed by atoms with E-state index < -0.39 is 0 Å². The SMILES string of the molecule is Cc1cccc([C@H](C)NC(=O)C2COCCN2)c1. The Hall–Kier alpha value is -1.39. The van der Waals surface area contributed by atoms with Crippen LogP contribution in [-0.2, 0) is 9.53 Å². The molecule has 98 valence electrons. The number of ether oxygens (including phenoxy) is 1. The first-order chi connectivity index (χ1) is 8.66. The summed E-state index contributed by atoms with van der Waals surface area (Å²) >= 11 is 0. The predicted octanol–water partition coefficient (Wildman–Crippen LogP) is 1.16. The molecule has 1 amide bonds. The number of morpholine rings is 1. The van der Waals surface area contributed by atoms with Gasteiger partial charge in [-0.1, -0.05) is 29.8 Å². The second-order valence-corrected chi connectivity index (χ2v) is 4.73. The zero-order chi connectivity index (χ0) is 13.0. The third-order valence-electron chi connectivity index (χ3n) is 3.14. The zero-order valence-electron chi connectivity index (χ0n) is 10.9. The summed E-state index contributed by atoms with van der Waals surface area (Å²) in [6.07, 6.45) is 0. The van der Waals surface area contributed by atoms with Crippen molar-refractivity contribution in [3.63, 3.8) is 0 Å². The molecule has 1 aromatic rings. The van der Waals surface area contributed by atoms with Crippen LogP contribution in [0.2, 0.25) is 0 Å². The van der Waals surface area contributed by atoms with Crippen molar-refractivity contribution in [1.29, 1.82) is 0 Å². The molecule has 4 heteroatoms. The number of carbonyl (C=O) groups is 1. The smallest absolute Gasteiger partial charge is 0.240 e. The Balaban J connectivity index is 1.94. The summed E-state index contributed by atoms with van der Waals surface area (Å²) in [7, 11) is 0. The predicted molar refractivity (Wildman–Crippen MR) is 70.3 cm³/mol. The molecule has 1 aromatic carbocycles. The lowest BCUT2D eigenvalue weighted by Gasteiger charge is -2.25. The largest absolute Gasteiger partial charge is 0.378 e. The highest BCUT2D eigenvalue weighted by molar-refractivity contribution is 5.82. The number of rotatable bonds is 3. The molecule has 2 rings (SSSR count). The highest BCUT2D eigenvalue weighted by Gasteiger charge is 2.22. The molecule has 0 aromatic heterocycles. The summed E-state index contributed by atoms with van der Waals surface area (Å²) in [5.74, 6) is 0.00343. The van der Waals surface area contributed by atoms with Gasteiger partial charge in [0.25, 0.3) is 0 Å². The van der Waals surface area contributed by atoms with E-state index in [1.165, 1.54) is 5.56 Å². The van der Waals surface area contributed by atoms with E-state index in [0.29, 0.717) is 13.2 Å². The van der Waals surface area contributed by atoms with Gasteiger partial charge in [-0.2, -0.15) is 0 Å². The lowest BCUT2D eigenvalue weighted by Crippen LogP contribution is -2.51.